The maximum Gasteiger partial charge on any atom is 0.0529 e. The van der Waals surface area contributed by atoms with E-state index < -0.39 is 0 Å². The SMILES string of the molecule is CC(C)(C)c1[nH]ncc1C1(CO)CCC1. The van der Waals surface area contributed by atoms with Gasteiger partial charge in [0.05, 0.1) is 12.8 Å². The van der Waals surface area contributed by atoms with E-state index in [2.05, 4.69) is 31.0 Å². The number of hydrogen-bond acceptors (Lipinski definition) is 2. The van der Waals surface area contributed by atoms with Crippen molar-refractivity contribution in [2.75, 3.05) is 6.61 Å². The lowest BCUT2D eigenvalue weighted by atomic mass is 9.63. The Morgan fingerprint density at radius 2 is 2.13 bits per heavy atom. The van der Waals surface area contributed by atoms with Crippen molar-refractivity contribution in [1.82, 2.24) is 10.2 Å². The standard InChI is InChI=1S/C12H20N2O/c1-11(2,3)10-9(7-13-14-10)12(8-15)5-4-6-12/h7,15H,4-6,8H2,1-3H3,(H,13,14). The minimum atomic E-state index is -0.00435. The second-order valence-corrected chi connectivity index (χ2v) is 5.70. The van der Waals surface area contributed by atoms with Crippen molar-refractivity contribution in [3.63, 3.8) is 0 Å². The zero-order chi connectivity index (χ0) is 11.1. The van der Waals surface area contributed by atoms with Crippen molar-refractivity contribution >= 4 is 0 Å². The average Bonchev–Trinajstić information content (AvgIpc) is 2.51. The van der Waals surface area contributed by atoms with Crippen LogP contribution < -0.4 is 0 Å². The van der Waals surface area contributed by atoms with Crippen LogP contribution in [0.25, 0.3) is 0 Å². The van der Waals surface area contributed by atoms with E-state index in [0.717, 1.165) is 12.8 Å². The van der Waals surface area contributed by atoms with E-state index in [1.807, 2.05) is 6.20 Å². The minimum Gasteiger partial charge on any atom is -0.395 e. The molecule has 1 fully saturated rings. The predicted molar refractivity (Wildman–Crippen MR) is 59.9 cm³/mol. The number of aliphatic hydroxyl groups is 1. The lowest BCUT2D eigenvalue weighted by molar-refractivity contribution is 0.118. The number of aromatic nitrogens is 2. The summed E-state index contributed by atoms with van der Waals surface area (Å²) in [4.78, 5) is 0. The van der Waals surface area contributed by atoms with Crippen LogP contribution in [0.4, 0.5) is 0 Å². The van der Waals surface area contributed by atoms with Gasteiger partial charge in [-0.2, -0.15) is 5.10 Å². The summed E-state index contributed by atoms with van der Waals surface area (Å²) in [5.41, 5.74) is 2.47. The highest BCUT2D eigenvalue weighted by Gasteiger charge is 2.42. The molecule has 15 heavy (non-hydrogen) atoms. The first-order valence-electron chi connectivity index (χ1n) is 5.65. The van der Waals surface area contributed by atoms with Crippen molar-refractivity contribution in [2.45, 2.75) is 50.9 Å². The summed E-state index contributed by atoms with van der Waals surface area (Å²) in [6.07, 6.45) is 5.30. The highest BCUT2D eigenvalue weighted by molar-refractivity contribution is 5.34. The van der Waals surface area contributed by atoms with Crippen molar-refractivity contribution in [1.29, 1.82) is 0 Å². The van der Waals surface area contributed by atoms with Crippen LogP contribution in [0.15, 0.2) is 6.20 Å². The maximum absolute atomic E-state index is 9.56. The molecule has 84 valence electrons. The molecule has 0 saturated heterocycles. The first-order chi connectivity index (χ1) is 6.99. The normalized spacial score (nSPS) is 20.0. The molecule has 0 amide bonds. The number of nitrogens with zero attached hydrogens (tertiary/aromatic N) is 1. The zero-order valence-electron chi connectivity index (χ0n) is 9.80. The highest BCUT2D eigenvalue weighted by atomic mass is 16.3. The van der Waals surface area contributed by atoms with Crippen LogP contribution in [0.5, 0.6) is 0 Å². The van der Waals surface area contributed by atoms with Crippen molar-refractivity contribution < 1.29 is 5.11 Å². The quantitative estimate of drug-likeness (QED) is 0.782. The van der Waals surface area contributed by atoms with Gasteiger partial charge in [0.25, 0.3) is 0 Å². The molecule has 0 unspecified atom stereocenters. The molecule has 2 rings (SSSR count). The van der Waals surface area contributed by atoms with Gasteiger partial charge in [-0.1, -0.05) is 27.2 Å². The summed E-state index contributed by atoms with van der Waals surface area (Å²) >= 11 is 0. The molecular formula is C12H20N2O. The Bertz CT molecular complexity index is 339. The molecule has 0 aromatic carbocycles. The summed E-state index contributed by atoms with van der Waals surface area (Å²) < 4.78 is 0. The number of nitrogens with one attached hydrogen (secondary N) is 1. The van der Waals surface area contributed by atoms with E-state index in [1.165, 1.54) is 17.7 Å². The Morgan fingerprint density at radius 1 is 1.47 bits per heavy atom. The molecule has 1 aliphatic carbocycles. The molecule has 2 N–H and O–H groups in total. The van der Waals surface area contributed by atoms with Crippen LogP contribution >= 0.6 is 0 Å². The number of aromatic amines is 1. The fourth-order valence-electron chi connectivity index (χ4n) is 2.38. The first-order valence-corrected chi connectivity index (χ1v) is 5.65. The van der Waals surface area contributed by atoms with Crippen LogP contribution in [-0.2, 0) is 10.8 Å². The van der Waals surface area contributed by atoms with Crippen molar-refractivity contribution in [3.8, 4) is 0 Å². The minimum absolute atomic E-state index is 0.00435. The Labute approximate surface area is 90.9 Å². The number of rotatable bonds is 2. The first kappa shape index (κ1) is 10.7. The lowest BCUT2D eigenvalue weighted by Gasteiger charge is -2.41. The van der Waals surface area contributed by atoms with E-state index in [4.69, 9.17) is 0 Å². The molecule has 0 bridgehead atoms. The molecule has 1 aliphatic rings. The summed E-state index contributed by atoms with van der Waals surface area (Å²) in [5, 5.41) is 16.8. The Balaban J connectivity index is 2.40. The number of hydrogen-bond donors (Lipinski definition) is 2. The topological polar surface area (TPSA) is 48.9 Å². The van der Waals surface area contributed by atoms with Gasteiger partial charge in [-0.15, -0.1) is 0 Å². The Hall–Kier alpha value is -0.830. The van der Waals surface area contributed by atoms with E-state index >= 15 is 0 Å². The molecule has 0 spiro atoms. The fraction of sp³-hybridized carbons (Fsp3) is 0.750. The molecule has 1 saturated carbocycles. The molecule has 3 nitrogen and oxygen atoms in total. The van der Waals surface area contributed by atoms with E-state index in [-0.39, 0.29) is 17.4 Å². The summed E-state index contributed by atoms with van der Waals surface area (Å²) in [5.74, 6) is 0. The van der Waals surface area contributed by atoms with Crippen LogP contribution in [0.1, 0.15) is 51.3 Å². The third-order valence-electron chi connectivity index (χ3n) is 3.57. The van der Waals surface area contributed by atoms with Gasteiger partial charge < -0.3 is 5.11 Å². The van der Waals surface area contributed by atoms with Gasteiger partial charge >= 0.3 is 0 Å². The van der Waals surface area contributed by atoms with Crippen molar-refractivity contribution in [2.24, 2.45) is 0 Å². The second kappa shape index (κ2) is 3.34. The van der Waals surface area contributed by atoms with Gasteiger partial charge in [0, 0.05) is 22.1 Å². The number of H-pyrrole nitrogens is 1. The molecule has 1 aromatic heterocycles. The molecule has 0 aliphatic heterocycles. The maximum atomic E-state index is 9.56. The van der Waals surface area contributed by atoms with Gasteiger partial charge in [0.1, 0.15) is 0 Å². The van der Waals surface area contributed by atoms with E-state index in [0.29, 0.717) is 0 Å². The molecule has 1 heterocycles. The Kier molecular flexibility index (Phi) is 2.38. The molecule has 3 heteroatoms. The van der Waals surface area contributed by atoms with Crippen LogP contribution in [0, 0.1) is 0 Å². The highest BCUT2D eigenvalue weighted by Crippen LogP contribution is 2.45. The van der Waals surface area contributed by atoms with E-state index in [1.54, 1.807) is 0 Å². The number of aliphatic hydroxyl groups excluding tert-OH is 1. The predicted octanol–water partition coefficient (Wildman–Crippen LogP) is 2.12. The van der Waals surface area contributed by atoms with Gasteiger partial charge in [0.2, 0.25) is 0 Å². The molecule has 1 aromatic rings. The fourth-order valence-corrected chi connectivity index (χ4v) is 2.38. The van der Waals surface area contributed by atoms with Gasteiger partial charge in [-0.05, 0) is 12.8 Å². The second-order valence-electron chi connectivity index (χ2n) is 5.70. The van der Waals surface area contributed by atoms with Gasteiger partial charge in [0.15, 0.2) is 0 Å². The molecule has 0 atom stereocenters. The summed E-state index contributed by atoms with van der Waals surface area (Å²) in [6, 6.07) is 0. The largest absolute Gasteiger partial charge is 0.395 e. The zero-order valence-corrected chi connectivity index (χ0v) is 9.80. The van der Waals surface area contributed by atoms with Crippen LogP contribution in [-0.4, -0.2) is 21.9 Å². The third kappa shape index (κ3) is 1.59. The van der Waals surface area contributed by atoms with E-state index in [9.17, 15) is 5.11 Å². The average molecular weight is 208 g/mol. The van der Waals surface area contributed by atoms with Crippen molar-refractivity contribution in [3.05, 3.63) is 17.5 Å². The van der Waals surface area contributed by atoms with Crippen LogP contribution in [0.2, 0.25) is 0 Å². The van der Waals surface area contributed by atoms with Crippen LogP contribution in [0.3, 0.4) is 0 Å². The summed E-state index contributed by atoms with van der Waals surface area (Å²) in [7, 11) is 0. The van der Waals surface area contributed by atoms with Gasteiger partial charge in [-0.3, -0.25) is 5.10 Å². The molecular weight excluding hydrogens is 188 g/mol. The third-order valence-corrected chi connectivity index (χ3v) is 3.57. The monoisotopic (exact) mass is 208 g/mol. The lowest BCUT2D eigenvalue weighted by Crippen LogP contribution is -2.39. The Morgan fingerprint density at radius 3 is 2.53 bits per heavy atom. The smallest absolute Gasteiger partial charge is 0.0529 e. The van der Waals surface area contributed by atoms with Gasteiger partial charge in [-0.25, -0.2) is 0 Å². The molecule has 0 radical (unpaired) electrons. The summed E-state index contributed by atoms with van der Waals surface area (Å²) in [6.45, 7) is 6.77.